The number of rotatable bonds is 3. The molecule has 0 aliphatic heterocycles. The molecular formula is C17H19F2NOS. The van der Waals surface area contributed by atoms with Crippen molar-refractivity contribution in [2.75, 3.05) is 0 Å². The van der Waals surface area contributed by atoms with Gasteiger partial charge in [-0.15, -0.1) is 11.3 Å². The maximum atomic E-state index is 13.3. The van der Waals surface area contributed by atoms with E-state index >= 15 is 0 Å². The molecule has 0 aliphatic carbocycles. The number of hydrogen-bond acceptors (Lipinski definition) is 2. The fraction of sp³-hybridized carbons (Fsp3) is 0.353. The quantitative estimate of drug-likeness (QED) is 0.859. The smallest absolute Gasteiger partial charge is 0.261 e. The lowest BCUT2D eigenvalue weighted by molar-refractivity contribution is 0.0914. The summed E-state index contributed by atoms with van der Waals surface area (Å²) in [5.74, 6) is -1.92. The first-order valence-electron chi connectivity index (χ1n) is 7.04. The molecule has 118 valence electrons. The van der Waals surface area contributed by atoms with Gasteiger partial charge in [0.1, 0.15) is 0 Å². The molecule has 2 aromatic rings. The van der Waals surface area contributed by atoms with Crippen molar-refractivity contribution in [2.24, 2.45) is 5.41 Å². The van der Waals surface area contributed by atoms with Crippen LogP contribution in [0.25, 0.3) is 10.4 Å². The molecule has 0 aliphatic rings. The first-order chi connectivity index (χ1) is 10.2. The molecule has 2 nitrogen and oxygen atoms in total. The van der Waals surface area contributed by atoms with Crippen molar-refractivity contribution in [3.63, 3.8) is 0 Å². The summed E-state index contributed by atoms with van der Waals surface area (Å²) < 4.78 is 26.3. The molecule has 1 unspecified atom stereocenters. The molecule has 1 aromatic carbocycles. The van der Waals surface area contributed by atoms with Crippen LogP contribution in [-0.4, -0.2) is 11.9 Å². The number of benzene rings is 1. The first-order valence-corrected chi connectivity index (χ1v) is 7.86. The van der Waals surface area contributed by atoms with E-state index in [1.54, 1.807) is 12.1 Å². The number of hydrogen-bond donors (Lipinski definition) is 1. The van der Waals surface area contributed by atoms with E-state index in [0.717, 1.165) is 17.0 Å². The number of thiophene rings is 1. The molecule has 1 atom stereocenters. The fourth-order valence-corrected chi connectivity index (χ4v) is 2.65. The highest BCUT2D eigenvalue weighted by molar-refractivity contribution is 7.17. The number of carbonyl (C=O) groups is 1. The second-order valence-corrected chi connectivity index (χ2v) is 7.44. The molecule has 2 rings (SSSR count). The van der Waals surface area contributed by atoms with Crippen LogP contribution in [0.2, 0.25) is 0 Å². The molecule has 0 spiro atoms. The molecule has 1 amide bonds. The number of carbonyl (C=O) groups excluding carboxylic acids is 1. The molecule has 5 heteroatoms. The lowest BCUT2D eigenvalue weighted by Crippen LogP contribution is -2.41. The van der Waals surface area contributed by atoms with E-state index in [2.05, 4.69) is 26.1 Å². The number of amides is 1. The molecule has 1 heterocycles. The van der Waals surface area contributed by atoms with Gasteiger partial charge in [0, 0.05) is 10.9 Å². The molecular weight excluding hydrogens is 304 g/mol. The van der Waals surface area contributed by atoms with Crippen LogP contribution in [0.15, 0.2) is 30.3 Å². The molecule has 22 heavy (non-hydrogen) atoms. The van der Waals surface area contributed by atoms with Gasteiger partial charge in [0.15, 0.2) is 11.6 Å². The number of nitrogens with one attached hydrogen (secondary N) is 1. The highest BCUT2D eigenvalue weighted by Gasteiger charge is 2.22. The topological polar surface area (TPSA) is 29.1 Å². The van der Waals surface area contributed by atoms with E-state index in [4.69, 9.17) is 0 Å². The van der Waals surface area contributed by atoms with Crippen LogP contribution in [0.3, 0.4) is 0 Å². The Balaban J connectivity index is 2.17. The standard InChI is InChI=1S/C17H19F2NOS/c1-10(17(2,3)4)20-16(21)15-8-7-14(22-15)11-5-6-12(18)13(19)9-11/h5-10H,1-4H3,(H,20,21). The van der Waals surface area contributed by atoms with Gasteiger partial charge in [-0.25, -0.2) is 8.78 Å². The Morgan fingerprint density at radius 1 is 1.14 bits per heavy atom. The zero-order valence-corrected chi connectivity index (χ0v) is 13.9. The average molecular weight is 323 g/mol. The molecule has 0 fully saturated rings. The van der Waals surface area contributed by atoms with Crippen LogP contribution in [0, 0.1) is 17.0 Å². The Morgan fingerprint density at radius 2 is 1.82 bits per heavy atom. The maximum Gasteiger partial charge on any atom is 0.261 e. The normalized spacial score (nSPS) is 13.0. The van der Waals surface area contributed by atoms with E-state index in [9.17, 15) is 13.6 Å². The fourth-order valence-electron chi connectivity index (χ4n) is 1.75. The van der Waals surface area contributed by atoms with Crippen molar-refractivity contribution in [1.29, 1.82) is 0 Å². The summed E-state index contributed by atoms with van der Waals surface area (Å²) in [7, 11) is 0. The molecule has 0 radical (unpaired) electrons. The van der Waals surface area contributed by atoms with Crippen LogP contribution in [0.4, 0.5) is 8.78 Å². The van der Waals surface area contributed by atoms with Crippen molar-refractivity contribution < 1.29 is 13.6 Å². The minimum absolute atomic E-state index is 0.0221. The SMILES string of the molecule is CC(NC(=O)c1ccc(-c2ccc(F)c(F)c2)s1)C(C)(C)C. The van der Waals surface area contributed by atoms with Crippen molar-refractivity contribution in [1.82, 2.24) is 5.32 Å². The third-order valence-corrected chi connectivity index (χ3v) is 4.81. The zero-order valence-electron chi connectivity index (χ0n) is 13.0. The minimum Gasteiger partial charge on any atom is -0.348 e. The van der Waals surface area contributed by atoms with Crippen LogP contribution in [0.1, 0.15) is 37.4 Å². The van der Waals surface area contributed by atoms with Gasteiger partial charge in [-0.1, -0.05) is 26.8 Å². The van der Waals surface area contributed by atoms with E-state index in [0.29, 0.717) is 10.4 Å². The lowest BCUT2D eigenvalue weighted by atomic mass is 9.88. The second-order valence-electron chi connectivity index (χ2n) is 6.35. The van der Waals surface area contributed by atoms with E-state index < -0.39 is 11.6 Å². The summed E-state index contributed by atoms with van der Waals surface area (Å²) in [6.45, 7) is 8.12. The molecule has 1 aromatic heterocycles. The highest BCUT2D eigenvalue weighted by atomic mass is 32.1. The molecule has 0 saturated carbocycles. The monoisotopic (exact) mass is 323 g/mol. The second kappa shape index (κ2) is 6.16. The maximum absolute atomic E-state index is 13.3. The Bertz CT molecular complexity index is 688. The molecule has 0 saturated heterocycles. The van der Waals surface area contributed by atoms with Crippen molar-refractivity contribution >= 4 is 17.2 Å². The summed E-state index contributed by atoms with van der Waals surface area (Å²) in [5.41, 5.74) is 0.530. The van der Waals surface area contributed by atoms with Crippen molar-refractivity contribution in [3.05, 3.63) is 46.8 Å². The predicted octanol–water partition coefficient (Wildman–Crippen LogP) is 4.86. The summed E-state index contributed by atoms with van der Waals surface area (Å²) >= 11 is 1.26. The summed E-state index contributed by atoms with van der Waals surface area (Å²) in [5, 5.41) is 2.96. The van der Waals surface area contributed by atoms with E-state index in [-0.39, 0.29) is 17.4 Å². The zero-order chi connectivity index (χ0) is 16.5. The summed E-state index contributed by atoms with van der Waals surface area (Å²) in [6, 6.07) is 7.20. The van der Waals surface area contributed by atoms with Crippen molar-refractivity contribution in [2.45, 2.75) is 33.7 Å². The van der Waals surface area contributed by atoms with E-state index in [1.807, 2.05) is 6.92 Å². The van der Waals surface area contributed by atoms with Gasteiger partial charge in [-0.3, -0.25) is 4.79 Å². The van der Waals surface area contributed by atoms with Gasteiger partial charge in [0.25, 0.3) is 5.91 Å². The van der Waals surface area contributed by atoms with Gasteiger partial charge in [0.05, 0.1) is 4.88 Å². The lowest BCUT2D eigenvalue weighted by Gasteiger charge is -2.27. The van der Waals surface area contributed by atoms with Gasteiger partial charge in [-0.05, 0) is 42.2 Å². The van der Waals surface area contributed by atoms with Gasteiger partial charge in [-0.2, -0.15) is 0 Å². The van der Waals surface area contributed by atoms with Crippen LogP contribution >= 0.6 is 11.3 Å². The summed E-state index contributed by atoms with van der Waals surface area (Å²) in [6.07, 6.45) is 0. The Kier molecular flexibility index (Phi) is 4.66. The molecule has 1 N–H and O–H groups in total. The molecule has 0 bridgehead atoms. The van der Waals surface area contributed by atoms with Crippen molar-refractivity contribution in [3.8, 4) is 10.4 Å². The Labute approximate surface area is 133 Å². The Hall–Kier alpha value is -1.75. The van der Waals surface area contributed by atoms with Gasteiger partial charge < -0.3 is 5.32 Å². The first kappa shape index (κ1) is 16.6. The van der Waals surface area contributed by atoms with Crippen LogP contribution in [0.5, 0.6) is 0 Å². The van der Waals surface area contributed by atoms with Gasteiger partial charge in [0.2, 0.25) is 0 Å². The minimum atomic E-state index is -0.891. The third-order valence-electron chi connectivity index (χ3n) is 3.68. The van der Waals surface area contributed by atoms with Gasteiger partial charge >= 0.3 is 0 Å². The number of halogens is 2. The van der Waals surface area contributed by atoms with Crippen LogP contribution in [-0.2, 0) is 0 Å². The Morgan fingerprint density at radius 3 is 2.41 bits per heavy atom. The summed E-state index contributed by atoms with van der Waals surface area (Å²) in [4.78, 5) is 13.5. The largest absolute Gasteiger partial charge is 0.348 e. The predicted molar refractivity (Wildman–Crippen MR) is 86.1 cm³/mol. The third kappa shape index (κ3) is 3.71. The average Bonchev–Trinajstić information content (AvgIpc) is 2.90. The highest BCUT2D eigenvalue weighted by Crippen LogP contribution is 2.29. The van der Waals surface area contributed by atoms with E-state index in [1.165, 1.54) is 17.4 Å². The van der Waals surface area contributed by atoms with Crippen LogP contribution < -0.4 is 5.32 Å².